The van der Waals surface area contributed by atoms with Crippen LogP contribution < -0.4 is 0 Å². The second kappa shape index (κ2) is 5.88. The molecular formula is C23H16O3. The molecule has 3 aromatic rings. The van der Waals surface area contributed by atoms with E-state index in [1.54, 1.807) is 42.5 Å². The lowest BCUT2D eigenvalue weighted by Crippen LogP contribution is -2.45. The molecule has 4 rings (SSSR count). The van der Waals surface area contributed by atoms with E-state index in [1.165, 1.54) is 6.92 Å². The van der Waals surface area contributed by atoms with Gasteiger partial charge in [0.15, 0.2) is 22.8 Å². The third-order valence-corrected chi connectivity index (χ3v) is 5.04. The Morgan fingerprint density at radius 2 is 1.27 bits per heavy atom. The summed E-state index contributed by atoms with van der Waals surface area (Å²) >= 11 is 0. The number of carbonyl (C=O) groups is 3. The summed E-state index contributed by atoms with van der Waals surface area (Å²) in [6.45, 7) is 1.32. The molecule has 0 N–H and O–H groups in total. The summed E-state index contributed by atoms with van der Waals surface area (Å²) in [5, 5.41) is 0. The van der Waals surface area contributed by atoms with Crippen molar-refractivity contribution >= 4 is 17.3 Å². The van der Waals surface area contributed by atoms with Crippen LogP contribution in [-0.2, 0) is 10.2 Å². The van der Waals surface area contributed by atoms with E-state index < -0.39 is 22.8 Å². The third-order valence-electron chi connectivity index (χ3n) is 5.04. The fourth-order valence-electron chi connectivity index (χ4n) is 3.81. The number of hydrogen-bond acceptors (Lipinski definition) is 3. The van der Waals surface area contributed by atoms with Crippen molar-refractivity contribution < 1.29 is 14.4 Å². The molecule has 1 aliphatic rings. The molecule has 0 amide bonds. The van der Waals surface area contributed by atoms with Crippen molar-refractivity contribution in [1.29, 1.82) is 0 Å². The Labute approximate surface area is 151 Å². The molecule has 0 fully saturated rings. The second-order valence-corrected chi connectivity index (χ2v) is 6.42. The molecule has 0 aliphatic heterocycles. The summed E-state index contributed by atoms with van der Waals surface area (Å²) < 4.78 is 0. The van der Waals surface area contributed by atoms with Gasteiger partial charge in [0.2, 0.25) is 0 Å². The topological polar surface area (TPSA) is 51.2 Å². The molecule has 126 valence electrons. The van der Waals surface area contributed by atoms with Gasteiger partial charge in [0.1, 0.15) is 0 Å². The summed E-state index contributed by atoms with van der Waals surface area (Å²) in [5.41, 5.74) is 0.823. The van der Waals surface area contributed by atoms with E-state index in [1.807, 2.05) is 36.4 Å². The molecule has 3 heteroatoms. The van der Waals surface area contributed by atoms with Crippen LogP contribution in [0, 0.1) is 0 Å². The van der Waals surface area contributed by atoms with Gasteiger partial charge in [0.05, 0.1) is 0 Å². The highest BCUT2D eigenvalue weighted by Crippen LogP contribution is 2.44. The highest BCUT2D eigenvalue weighted by atomic mass is 16.2. The number of benzene rings is 3. The van der Waals surface area contributed by atoms with Crippen molar-refractivity contribution in [3.8, 4) is 11.1 Å². The fourth-order valence-corrected chi connectivity index (χ4v) is 3.81. The molecule has 1 atom stereocenters. The van der Waals surface area contributed by atoms with Crippen molar-refractivity contribution in [1.82, 2.24) is 0 Å². The first-order valence-electron chi connectivity index (χ1n) is 8.43. The lowest BCUT2D eigenvalue weighted by molar-refractivity contribution is -0.119. The summed E-state index contributed by atoms with van der Waals surface area (Å²) in [6, 6.07) is 23.3. The first-order valence-corrected chi connectivity index (χ1v) is 8.43. The van der Waals surface area contributed by atoms with Gasteiger partial charge in [-0.25, -0.2) is 0 Å². The van der Waals surface area contributed by atoms with E-state index >= 15 is 0 Å². The zero-order valence-electron chi connectivity index (χ0n) is 14.2. The smallest absolute Gasteiger partial charge is 0.190 e. The maximum atomic E-state index is 13.5. The van der Waals surface area contributed by atoms with Gasteiger partial charge in [-0.3, -0.25) is 14.4 Å². The highest BCUT2D eigenvalue weighted by Gasteiger charge is 2.58. The predicted molar refractivity (Wildman–Crippen MR) is 99.3 cm³/mol. The lowest BCUT2D eigenvalue weighted by atomic mass is 9.73. The van der Waals surface area contributed by atoms with Crippen molar-refractivity contribution in [2.24, 2.45) is 0 Å². The van der Waals surface area contributed by atoms with Crippen LogP contribution in [0.5, 0.6) is 0 Å². The molecular weight excluding hydrogens is 324 g/mol. The monoisotopic (exact) mass is 340 g/mol. The van der Waals surface area contributed by atoms with Gasteiger partial charge in [0.25, 0.3) is 0 Å². The van der Waals surface area contributed by atoms with Gasteiger partial charge in [-0.15, -0.1) is 0 Å². The van der Waals surface area contributed by atoms with Gasteiger partial charge in [-0.2, -0.15) is 0 Å². The Kier molecular flexibility index (Phi) is 3.66. The van der Waals surface area contributed by atoms with Gasteiger partial charge in [-0.1, -0.05) is 78.9 Å². The maximum Gasteiger partial charge on any atom is 0.190 e. The molecule has 3 aromatic carbocycles. The van der Waals surface area contributed by atoms with E-state index in [2.05, 4.69) is 0 Å². The Morgan fingerprint density at radius 1 is 0.692 bits per heavy atom. The van der Waals surface area contributed by atoms with Crippen molar-refractivity contribution in [2.75, 3.05) is 0 Å². The van der Waals surface area contributed by atoms with E-state index in [9.17, 15) is 14.4 Å². The van der Waals surface area contributed by atoms with Crippen molar-refractivity contribution in [2.45, 2.75) is 12.3 Å². The van der Waals surface area contributed by atoms with Crippen LogP contribution in [-0.4, -0.2) is 17.3 Å². The van der Waals surface area contributed by atoms with Crippen LogP contribution in [0.15, 0.2) is 78.9 Å². The Balaban J connectivity index is 2.02. The van der Waals surface area contributed by atoms with Crippen LogP contribution in [0.25, 0.3) is 11.1 Å². The molecule has 0 spiro atoms. The van der Waals surface area contributed by atoms with Crippen LogP contribution in [0.2, 0.25) is 0 Å². The number of ketones is 3. The summed E-state index contributed by atoms with van der Waals surface area (Å²) in [7, 11) is 0. The predicted octanol–water partition coefficient (Wildman–Crippen LogP) is 4.26. The second-order valence-electron chi connectivity index (χ2n) is 6.42. The Morgan fingerprint density at radius 3 is 1.88 bits per heavy atom. The van der Waals surface area contributed by atoms with E-state index in [-0.39, 0.29) is 0 Å². The minimum absolute atomic E-state index is 0.315. The van der Waals surface area contributed by atoms with Gasteiger partial charge < -0.3 is 0 Å². The summed E-state index contributed by atoms with van der Waals surface area (Å²) in [6.07, 6.45) is 0. The first-order chi connectivity index (χ1) is 12.6. The van der Waals surface area contributed by atoms with Gasteiger partial charge >= 0.3 is 0 Å². The van der Waals surface area contributed by atoms with E-state index in [4.69, 9.17) is 0 Å². The Bertz CT molecular complexity index is 1040. The zero-order chi connectivity index (χ0) is 18.3. The standard InChI is InChI=1S/C23H16O3/c1-15(24)23(17-11-6-3-7-12-17)21(25)19-14-8-13-18(20(19)22(23)26)16-9-4-2-5-10-16/h2-14H,1H3. The summed E-state index contributed by atoms with van der Waals surface area (Å²) in [5.74, 6) is -1.32. The van der Waals surface area contributed by atoms with Crippen LogP contribution >= 0.6 is 0 Å². The molecule has 0 saturated heterocycles. The average Bonchev–Trinajstić information content (AvgIpc) is 2.91. The Hall–Kier alpha value is -3.33. The quantitative estimate of drug-likeness (QED) is 0.670. The van der Waals surface area contributed by atoms with Crippen LogP contribution in [0.3, 0.4) is 0 Å². The first kappa shape index (κ1) is 16.2. The number of fused-ring (bicyclic) bond motifs is 1. The van der Waals surface area contributed by atoms with Crippen LogP contribution in [0.4, 0.5) is 0 Å². The third kappa shape index (κ3) is 2.04. The number of hydrogen-bond donors (Lipinski definition) is 0. The maximum absolute atomic E-state index is 13.5. The minimum atomic E-state index is -1.78. The lowest BCUT2D eigenvalue weighted by Gasteiger charge is -2.23. The van der Waals surface area contributed by atoms with E-state index in [0.29, 0.717) is 22.3 Å². The minimum Gasteiger partial charge on any atom is -0.298 e. The highest BCUT2D eigenvalue weighted by molar-refractivity contribution is 6.44. The average molecular weight is 340 g/mol. The van der Waals surface area contributed by atoms with Crippen molar-refractivity contribution in [3.05, 3.63) is 95.6 Å². The fraction of sp³-hybridized carbons (Fsp3) is 0.0870. The molecule has 0 radical (unpaired) electrons. The normalized spacial score (nSPS) is 18.7. The van der Waals surface area contributed by atoms with Gasteiger partial charge in [-0.05, 0) is 23.6 Å². The molecule has 0 heterocycles. The number of rotatable bonds is 3. The molecule has 3 nitrogen and oxygen atoms in total. The zero-order valence-corrected chi connectivity index (χ0v) is 14.2. The molecule has 26 heavy (non-hydrogen) atoms. The van der Waals surface area contributed by atoms with E-state index in [0.717, 1.165) is 5.56 Å². The number of carbonyl (C=O) groups excluding carboxylic acids is 3. The van der Waals surface area contributed by atoms with Crippen LogP contribution in [0.1, 0.15) is 33.2 Å². The largest absolute Gasteiger partial charge is 0.298 e. The molecule has 0 saturated carbocycles. The molecule has 1 aliphatic carbocycles. The molecule has 1 unspecified atom stereocenters. The van der Waals surface area contributed by atoms with Crippen molar-refractivity contribution in [3.63, 3.8) is 0 Å². The molecule has 0 bridgehead atoms. The number of Topliss-reactive ketones (excluding diaryl/α,β-unsaturated/α-hetero) is 3. The SMILES string of the molecule is CC(=O)C1(c2ccccc2)C(=O)c2cccc(-c3ccccc3)c2C1=O. The van der Waals surface area contributed by atoms with Gasteiger partial charge in [0, 0.05) is 11.1 Å². The molecule has 0 aromatic heterocycles. The summed E-state index contributed by atoms with van der Waals surface area (Å²) in [4.78, 5) is 39.5.